The first kappa shape index (κ1) is 18.3. The molecular formula is C20H22N2O3S. The molecule has 3 rings (SSSR count). The minimum absolute atomic E-state index is 0.0704. The number of hydrogen-bond acceptors (Lipinski definition) is 5. The van der Waals surface area contributed by atoms with E-state index in [0.29, 0.717) is 30.2 Å². The van der Waals surface area contributed by atoms with Gasteiger partial charge in [0.25, 0.3) is 5.91 Å². The Morgan fingerprint density at radius 3 is 2.69 bits per heavy atom. The number of carbonyl (C=O) groups is 1. The van der Waals surface area contributed by atoms with Gasteiger partial charge in [-0.3, -0.25) is 14.7 Å². The minimum atomic E-state index is -0.0704. The highest BCUT2D eigenvalue weighted by Crippen LogP contribution is 2.29. The fraction of sp³-hybridized carbons (Fsp3) is 0.300. The fourth-order valence-electron chi connectivity index (χ4n) is 2.81. The van der Waals surface area contributed by atoms with Crippen LogP contribution in [0.25, 0.3) is 0 Å². The molecule has 0 atom stereocenters. The average molecular weight is 370 g/mol. The van der Waals surface area contributed by atoms with Gasteiger partial charge in [0.2, 0.25) is 0 Å². The van der Waals surface area contributed by atoms with Crippen LogP contribution in [0.1, 0.15) is 21.5 Å². The van der Waals surface area contributed by atoms with Crippen LogP contribution in [-0.2, 0) is 5.75 Å². The summed E-state index contributed by atoms with van der Waals surface area (Å²) < 4.78 is 10.5. The van der Waals surface area contributed by atoms with Crippen molar-refractivity contribution in [2.24, 2.45) is 4.99 Å². The Kier molecular flexibility index (Phi) is 5.83. The van der Waals surface area contributed by atoms with Crippen molar-refractivity contribution >= 4 is 22.8 Å². The molecule has 0 unspecified atom stereocenters. The Balaban J connectivity index is 1.72. The molecule has 1 aliphatic rings. The van der Waals surface area contributed by atoms with Crippen LogP contribution in [0.3, 0.4) is 0 Å². The highest BCUT2D eigenvalue weighted by Gasteiger charge is 2.26. The summed E-state index contributed by atoms with van der Waals surface area (Å²) in [5, 5.41) is 0.770. The minimum Gasteiger partial charge on any atom is -0.493 e. The van der Waals surface area contributed by atoms with E-state index in [1.54, 1.807) is 49.1 Å². The average Bonchev–Trinajstić information content (AvgIpc) is 3.13. The zero-order chi connectivity index (χ0) is 18.5. The van der Waals surface area contributed by atoms with Gasteiger partial charge in [-0.2, -0.15) is 0 Å². The Bertz CT molecular complexity index is 836. The lowest BCUT2D eigenvalue weighted by Gasteiger charge is -2.18. The van der Waals surface area contributed by atoms with Crippen LogP contribution in [0.4, 0.5) is 0 Å². The van der Waals surface area contributed by atoms with E-state index in [1.807, 2.05) is 6.07 Å². The molecule has 0 radical (unpaired) electrons. The number of carbonyl (C=O) groups excluding carboxylic acids is 1. The maximum absolute atomic E-state index is 12.9. The molecule has 0 saturated heterocycles. The molecule has 0 fully saturated rings. The number of hydrogen-bond donors (Lipinski definition) is 0. The van der Waals surface area contributed by atoms with Gasteiger partial charge < -0.3 is 9.47 Å². The molecule has 5 nitrogen and oxygen atoms in total. The lowest BCUT2D eigenvalue weighted by molar-refractivity contribution is 0.0860. The third-order valence-corrected chi connectivity index (χ3v) is 5.21. The number of ether oxygens (including phenoxy) is 2. The number of benzene rings is 2. The first-order valence-corrected chi connectivity index (χ1v) is 9.37. The van der Waals surface area contributed by atoms with Gasteiger partial charge in [0.15, 0.2) is 16.7 Å². The maximum atomic E-state index is 12.9. The number of thioether (sulfide) groups is 1. The topological polar surface area (TPSA) is 51.1 Å². The van der Waals surface area contributed by atoms with Crippen molar-refractivity contribution < 1.29 is 14.3 Å². The normalized spacial score (nSPS) is 13.5. The maximum Gasteiger partial charge on any atom is 0.260 e. The van der Waals surface area contributed by atoms with Crippen molar-refractivity contribution in [1.29, 1.82) is 0 Å². The number of aliphatic imine (C=N–C) groups is 1. The van der Waals surface area contributed by atoms with Gasteiger partial charge in [-0.05, 0) is 30.7 Å². The van der Waals surface area contributed by atoms with Crippen LogP contribution < -0.4 is 9.47 Å². The van der Waals surface area contributed by atoms with E-state index in [4.69, 9.17) is 9.47 Å². The van der Waals surface area contributed by atoms with Gasteiger partial charge >= 0.3 is 0 Å². The standard InChI is InChI=1S/C20H22N2O3S/c1-14-5-4-6-15(11-14)13-26-20-21-9-10-22(20)19(23)16-7-8-17(24-2)18(12-16)25-3/h4-8,11-12H,9-10,13H2,1-3H3. The Hall–Kier alpha value is -2.47. The molecule has 136 valence electrons. The predicted molar refractivity (Wildman–Crippen MR) is 105 cm³/mol. The zero-order valence-electron chi connectivity index (χ0n) is 15.2. The summed E-state index contributed by atoms with van der Waals surface area (Å²) in [5.74, 6) is 1.87. The van der Waals surface area contributed by atoms with E-state index >= 15 is 0 Å². The molecule has 0 saturated carbocycles. The molecule has 0 aromatic heterocycles. The van der Waals surface area contributed by atoms with Crippen molar-refractivity contribution in [3.05, 3.63) is 59.2 Å². The number of amides is 1. The van der Waals surface area contributed by atoms with Crippen LogP contribution in [0.15, 0.2) is 47.5 Å². The molecule has 1 amide bonds. The van der Waals surface area contributed by atoms with Gasteiger partial charge in [-0.15, -0.1) is 0 Å². The lowest BCUT2D eigenvalue weighted by atomic mass is 10.2. The van der Waals surface area contributed by atoms with Gasteiger partial charge in [0, 0.05) is 17.9 Å². The van der Waals surface area contributed by atoms with Crippen molar-refractivity contribution in [3.63, 3.8) is 0 Å². The van der Waals surface area contributed by atoms with Gasteiger partial charge in [-0.1, -0.05) is 41.6 Å². The van der Waals surface area contributed by atoms with Gasteiger partial charge in [0.1, 0.15) is 0 Å². The van der Waals surface area contributed by atoms with E-state index in [-0.39, 0.29) is 5.91 Å². The predicted octanol–water partition coefficient (Wildman–Crippen LogP) is 3.76. The number of rotatable bonds is 5. The highest BCUT2D eigenvalue weighted by molar-refractivity contribution is 8.13. The highest BCUT2D eigenvalue weighted by atomic mass is 32.2. The van der Waals surface area contributed by atoms with E-state index in [1.165, 1.54) is 11.1 Å². The largest absolute Gasteiger partial charge is 0.493 e. The van der Waals surface area contributed by atoms with Crippen molar-refractivity contribution in [2.45, 2.75) is 12.7 Å². The van der Waals surface area contributed by atoms with Gasteiger partial charge in [-0.25, -0.2) is 0 Å². The smallest absolute Gasteiger partial charge is 0.260 e. The Labute approximate surface area is 158 Å². The quantitative estimate of drug-likeness (QED) is 0.804. The number of amidine groups is 1. The van der Waals surface area contributed by atoms with E-state index < -0.39 is 0 Å². The van der Waals surface area contributed by atoms with Crippen LogP contribution in [-0.4, -0.2) is 43.3 Å². The van der Waals surface area contributed by atoms with Crippen LogP contribution in [0, 0.1) is 6.92 Å². The molecule has 0 spiro atoms. The van der Waals surface area contributed by atoms with Crippen LogP contribution >= 0.6 is 11.8 Å². The fourth-order valence-corrected chi connectivity index (χ4v) is 3.80. The molecule has 26 heavy (non-hydrogen) atoms. The molecule has 2 aromatic rings. The molecule has 1 heterocycles. The van der Waals surface area contributed by atoms with Crippen LogP contribution in [0.2, 0.25) is 0 Å². The van der Waals surface area contributed by atoms with E-state index in [2.05, 4.69) is 30.1 Å². The summed E-state index contributed by atoms with van der Waals surface area (Å²) in [7, 11) is 3.14. The molecule has 0 aliphatic carbocycles. The first-order valence-electron chi connectivity index (χ1n) is 8.39. The van der Waals surface area contributed by atoms with Crippen molar-refractivity contribution in [2.75, 3.05) is 27.3 Å². The summed E-state index contributed by atoms with van der Waals surface area (Å²) in [6, 6.07) is 13.6. The SMILES string of the molecule is COc1ccc(C(=O)N2CCN=C2SCc2cccc(C)c2)cc1OC. The van der Waals surface area contributed by atoms with Crippen molar-refractivity contribution in [1.82, 2.24) is 4.90 Å². The number of methoxy groups -OCH3 is 2. The molecule has 1 aliphatic heterocycles. The van der Waals surface area contributed by atoms with E-state index in [9.17, 15) is 4.79 Å². The van der Waals surface area contributed by atoms with E-state index in [0.717, 1.165) is 10.9 Å². The van der Waals surface area contributed by atoms with Gasteiger partial charge in [0.05, 0.1) is 20.8 Å². The summed E-state index contributed by atoms with van der Waals surface area (Å²) in [5.41, 5.74) is 3.02. The molecule has 0 N–H and O–H groups in total. The second kappa shape index (κ2) is 8.27. The Morgan fingerprint density at radius 2 is 1.96 bits per heavy atom. The third-order valence-electron chi connectivity index (χ3n) is 4.13. The number of nitrogens with zero attached hydrogens (tertiary/aromatic N) is 2. The first-order chi connectivity index (χ1) is 12.6. The van der Waals surface area contributed by atoms with Crippen molar-refractivity contribution in [3.8, 4) is 11.5 Å². The molecule has 6 heteroatoms. The molecule has 0 bridgehead atoms. The number of aryl methyl sites for hydroxylation is 1. The monoisotopic (exact) mass is 370 g/mol. The summed E-state index contributed by atoms with van der Waals surface area (Å²) in [6.45, 7) is 3.31. The summed E-state index contributed by atoms with van der Waals surface area (Å²) in [4.78, 5) is 19.2. The Morgan fingerprint density at radius 1 is 1.15 bits per heavy atom. The second-order valence-corrected chi connectivity index (χ2v) is 6.91. The zero-order valence-corrected chi connectivity index (χ0v) is 16.0. The molecule has 2 aromatic carbocycles. The summed E-state index contributed by atoms with van der Waals surface area (Å²) in [6.07, 6.45) is 0. The second-order valence-electron chi connectivity index (χ2n) is 5.97. The third kappa shape index (κ3) is 4.02. The molecular weight excluding hydrogens is 348 g/mol. The lowest BCUT2D eigenvalue weighted by Crippen LogP contribution is -2.32. The summed E-state index contributed by atoms with van der Waals surface area (Å²) >= 11 is 1.59. The van der Waals surface area contributed by atoms with Crippen LogP contribution in [0.5, 0.6) is 11.5 Å².